The number of carbonyl (C=O) groups is 3. The van der Waals surface area contributed by atoms with Crippen molar-refractivity contribution in [2.75, 3.05) is 26.4 Å². The number of hydrogen-bond donors (Lipinski definition) is 2. The Labute approximate surface area is 240 Å². The minimum atomic E-state index is -0.939. The fourth-order valence-electron chi connectivity index (χ4n) is 5.10. The third kappa shape index (κ3) is 12.5. The zero-order valence-corrected chi connectivity index (χ0v) is 25.6. The lowest BCUT2D eigenvalue weighted by atomic mass is 9.82. The Balaban J connectivity index is 1.63. The Morgan fingerprint density at radius 1 is 0.684 bits per heavy atom. The fraction of sp³-hybridized carbons (Fsp3) is 0.897. The molecule has 0 radical (unpaired) electrons. The Morgan fingerprint density at radius 3 is 1.37 bits per heavy atom. The van der Waals surface area contributed by atoms with E-state index in [4.69, 9.17) is 18.9 Å². The van der Waals surface area contributed by atoms with Gasteiger partial charge in [0, 0.05) is 10.5 Å². The lowest BCUT2D eigenvalue weighted by Gasteiger charge is -2.33. The van der Waals surface area contributed by atoms with E-state index in [1.165, 1.54) is 0 Å². The van der Waals surface area contributed by atoms with Gasteiger partial charge < -0.3 is 18.9 Å². The molecule has 2 saturated carbocycles. The summed E-state index contributed by atoms with van der Waals surface area (Å²) in [6, 6.07) is 0. The van der Waals surface area contributed by atoms with Gasteiger partial charge in [0.15, 0.2) is 5.60 Å². The van der Waals surface area contributed by atoms with Crippen LogP contribution in [-0.2, 0) is 33.3 Å². The largest absolute Gasteiger partial charge is 0.465 e. The van der Waals surface area contributed by atoms with Crippen LogP contribution in [0.2, 0.25) is 0 Å². The molecule has 0 aromatic heterocycles. The van der Waals surface area contributed by atoms with E-state index >= 15 is 0 Å². The number of carbonyl (C=O) groups excluding carboxylic acids is 3. The van der Waals surface area contributed by atoms with Crippen LogP contribution in [0.3, 0.4) is 0 Å². The molecule has 9 heteroatoms. The highest BCUT2D eigenvalue weighted by Crippen LogP contribution is 2.32. The van der Waals surface area contributed by atoms with Gasteiger partial charge in [-0.1, -0.05) is 20.8 Å². The first kappa shape index (κ1) is 33.3. The molecule has 7 nitrogen and oxygen atoms in total. The topological polar surface area (TPSA) is 88.1 Å². The maximum absolute atomic E-state index is 13.0. The van der Waals surface area contributed by atoms with Crippen molar-refractivity contribution in [1.29, 1.82) is 0 Å². The molecule has 3 unspecified atom stereocenters. The Hall–Kier alpha value is -0.930. The molecule has 2 aliphatic carbocycles. The van der Waals surface area contributed by atoms with Crippen LogP contribution in [0.5, 0.6) is 0 Å². The highest BCUT2D eigenvalue weighted by molar-refractivity contribution is 7.81. The molecule has 220 valence electrons. The summed E-state index contributed by atoms with van der Waals surface area (Å²) in [5.74, 6) is 0.870. The van der Waals surface area contributed by atoms with Gasteiger partial charge >= 0.3 is 17.9 Å². The van der Waals surface area contributed by atoms with Crippen LogP contribution in [0.1, 0.15) is 98.3 Å². The average molecular weight is 575 g/mol. The third-order valence-electron chi connectivity index (χ3n) is 8.01. The van der Waals surface area contributed by atoms with Gasteiger partial charge in [-0.15, -0.1) is 0 Å². The molecule has 0 heterocycles. The van der Waals surface area contributed by atoms with Crippen LogP contribution in [0, 0.1) is 23.7 Å². The quantitative estimate of drug-likeness (QED) is 0.145. The highest BCUT2D eigenvalue weighted by Gasteiger charge is 2.36. The normalized spacial score (nSPS) is 27.0. The van der Waals surface area contributed by atoms with E-state index in [1.807, 2.05) is 27.7 Å². The van der Waals surface area contributed by atoms with Crippen LogP contribution < -0.4 is 0 Å². The van der Waals surface area contributed by atoms with Gasteiger partial charge in [0.25, 0.3) is 0 Å². The smallest absolute Gasteiger partial charge is 0.338 e. The fourth-order valence-corrected chi connectivity index (χ4v) is 5.40. The van der Waals surface area contributed by atoms with Gasteiger partial charge in [-0.2, -0.15) is 25.3 Å². The predicted molar refractivity (Wildman–Crippen MR) is 155 cm³/mol. The van der Waals surface area contributed by atoms with Gasteiger partial charge in [0.1, 0.15) is 0 Å². The summed E-state index contributed by atoms with van der Waals surface area (Å²) >= 11 is 8.47. The van der Waals surface area contributed by atoms with Gasteiger partial charge in [-0.3, -0.25) is 9.59 Å². The Bertz CT molecular complexity index is 728. The summed E-state index contributed by atoms with van der Waals surface area (Å²) in [4.78, 5) is 36.5. The molecule has 3 atom stereocenters. The van der Waals surface area contributed by atoms with E-state index < -0.39 is 5.60 Å². The van der Waals surface area contributed by atoms with Crippen molar-refractivity contribution in [3.63, 3.8) is 0 Å². The van der Waals surface area contributed by atoms with E-state index in [9.17, 15) is 14.4 Å². The zero-order valence-electron chi connectivity index (χ0n) is 23.8. The van der Waals surface area contributed by atoms with E-state index in [0.29, 0.717) is 69.4 Å². The number of ether oxygens (including phenoxy) is 4. The molecular formula is C29H50O7S2. The number of hydrogen-bond acceptors (Lipinski definition) is 9. The highest BCUT2D eigenvalue weighted by atomic mass is 32.1. The SMILES string of the molecule is CCC(C)(OCC1CCC(COC(=O)CC(C)S)CC1)C(=O)OCC1CCC(COC(=O)CC(C)S)CC1. The Kier molecular flexibility index (Phi) is 14.9. The minimum Gasteiger partial charge on any atom is -0.465 e. The molecule has 2 fully saturated rings. The van der Waals surface area contributed by atoms with Crippen molar-refractivity contribution in [1.82, 2.24) is 0 Å². The van der Waals surface area contributed by atoms with Gasteiger partial charge in [0.2, 0.25) is 0 Å². The summed E-state index contributed by atoms with van der Waals surface area (Å²) < 4.78 is 22.7. The van der Waals surface area contributed by atoms with Gasteiger partial charge in [0.05, 0.1) is 39.3 Å². The molecule has 0 N–H and O–H groups in total. The van der Waals surface area contributed by atoms with Crippen LogP contribution >= 0.6 is 25.3 Å². The van der Waals surface area contributed by atoms with Crippen molar-refractivity contribution < 1.29 is 33.3 Å². The molecule has 0 aromatic carbocycles. The van der Waals surface area contributed by atoms with Crippen molar-refractivity contribution in [2.45, 2.75) is 114 Å². The lowest BCUT2D eigenvalue weighted by molar-refractivity contribution is -0.175. The molecule has 0 aliphatic heterocycles. The number of esters is 3. The van der Waals surface area contributed by atoms with Crippen LogP contribution in [-0.4, -0.2) is 60.4 Å². The second-order valence-corrected chi connectivity index (χ2v) is 13.5. The standard InChI is InChI=1S/C29H50O7S2/c1-5-29(4,36-19-25-12-10-23(11-13-25)17-34-27(31)15-21(3)38)28(32)35-18-24-8-6-22(7-9-24)16-33-26(30)14-20(2)37/h20-25,37-38H,5-19H2,1-4H3. The molecule has 0 amide bonds. The number of thiol groups is 2. The molecule has 0 saturated heterocycles. The van der Waals surface area contributed by atoms with Crippen molar-refractivity contribution >= 4 is 43.2 Å². The second-order valence-electron chi connectivity index (χ2n) is 11.7. The summed E-state index contributed by atoms with van der Waals surface area (Å²) in [5, 5.41) is 0.0244. The van der Waals surface area contributed by atoms with Crippen molar-refractivity contribution in [2.24, 2.45) is 23.7 Å². The molecule has 0 aromatic rings. The minimum absolute atomic E-state index is 0.0102. The molecule has 2 aliphatic rings. The summed E-state index contributed by atoms with van der Waals surface area (Å²) in [6.45, 7) is 9.46. The van der Waals surface area contributed by atoms with Gasteiger partial charge in [-0.25, -0.2) is 4.79 Å². The molecule has 0 bridgehead atoms. The predicted octanol–water partition coefficient (Wildman–Crippen LogP) is 5.83. The summed E-state index contributed by atoms with van der Waals surface area (Å²) in [7, 11) is 0. The molecular weight excluding hydrogens is 524 g/mol. The summed E-state index contributed by atoms with van der Waals surface area (Å²) in [6.07, 6.45) is 9.13. The van der Waals surface area contributed by atoms with E-state index in [1.54, 1.807) is 0 Å². The van der Waals surface area contributed by atoms with Crippen LogP contribution in [0.25, 0.3) is 0 Å². The zero-order chi connectivity index (χ0) is 28.1. The first-order chi connectivity index (χ1) is 18.0. The first-order valence-corrected chi connectivity index (χ1v) is 15.5. The van der Waals surface area contributed by atoms with Crippen molar-refractivity contribution in [3.05, 3.63) is 0 Å². The first-order valence-electron chi connectivity index (χ1n) is 14.5. The molecule has 0 spiro atoms. The third-order valence-corrected chi connectivity index (χ3v) is 8.38. The molecule has 2 rings (SSSR count). The van der Waals surface area contributed by atoms with Crippen LogP contribution in [0.15, 0.2) is 0 Å². The average Bonchev–Trinajstić information content (AvgIpc) is 2.88. The molecule has 38 heavy (non-hydrogen) atoms. The lowest BCUT2D eigenvalue weighted by Crippen LogP contribution is -2.41. The second kappa shape index (κ2) is 17.0. The number of rotatable bonds is 15. The van der Waals surface area contributed by atoms with E-state index in [0.717, 1.165) is 51.4 Å². The maximum Gasteiger partial charge on any atom is 0.338 e. The van der Waals surface area contributed by atoms with E-state index in [-0.39, 0.29) is 28.4 Å². The Morgan fingerprint density at radius 2 is 1.03 bits per heavy atom. The maximum atomic E-state index is 13.0. The van der Waals surface area contributed by atoms with Crippen molar-refractivity contribution in [3.8, 4) is 0 Å². The summed E-state index contributed by atoms with van der Waals surface area (Å²) in [5.41, 5.74) is -0.939. The van der Waals surface area contributed by atoms with Gasteiger partial charge in [-0.05, 0) is 88.4 Å². The van der Waals surface area contributed by atoms with E-state index in [2.05, 4.69) is 25.3 Å². The van der Waals surface area contributed by atoms with Crippen LogP contribution in [0.4, 0.5) is 0 Å². The monoisotopic (exact) mass is 574 g/mol.